The van der Waals surface area contributed by atoms with Crippen LogP contribution in [0.25, 0.3) is 6.08 Å². The highest BCUT2D eigenvalue weighted by Crippen LogP contribution is 2.32. The number of rotatable bonds is 7. The van der Waals surface area contributed by atoms with Gasteiger partial charge in [-0.1, -0.05) is 66.7 Å². The van der Waals surface area contributed by atoms with Crippen molar-refractivity contribution in [2.24, 2.45) is 0 Å². The van der Waals surface area contributed by atoms with Gasteiger partial charge in [-0.05, 0) is 47.4 Å². The zero-order valence-corrected chi connectivity index (χ0v) is 19.5. The van der Waals surface area contributed by atoms with Crippen LogP contribution in [0, 0.1) is 11.3 Å². The van der Waals surface area contributed by atoms with Gasteiger partial charge in [0.25, 0.3) is 11.8 Å². The van der Waals surface area contributed by atoms with Gasteiger partial charge in [-0.15, -0.1) is 0 Å². The molecule has 0 unspecified atom stereocenters. The van der Waals surface area contributed by atoms with Crippen molar-refractivity contribution in [2.75, 3.05) is 7.11 Å². The molecular weight excluding hydrogens is 440 g/mol. The zero-order valence-electron chi connectivity index (χ0n) is 19.5. The topological polar surface area (TPSA) is 79.6 Å². The molecule has 1 aliphatic rings. The third-order valence-corrected chi connectivity index (χ3v) is 5.74. The Morgan fingerprint density at radius 1 is 0.886 bits per heavy atom. The maximum absolute atomic E-state index is 13.3. The average molecular weight is 465 g/mol. The first-order chi connectivity index (χ1) is 17.0. The number of carbonyl (C=O) groups excluding carboxylic acids is 2. The highest BCUT2D eigenvalue weighted by atomic mass is 16.5. The van der Waals surface area contributed by atoms with E-state index in [0.29, 0.717) is 29.2 Å². The first-order valence-electron chi connectivity index (χ1n) is 11.1. The molecule has 0 aliphatic carbocycles. The van der Waals surface area contributed by atoms with Gasteiger partial charge in [0.05, 0.1) is 13.7 Å². The number of hydrogen-bond donors (Lipinski definition) is 0. The average Bonchev–Trinajstić information content (AvgIpc) is 2.89. The first kappa shape index (κ1) is 23.5. The summed E-state index contributed by atoms with van der Waals surface area (Å²) in [5, 5.41) is 9.63. The van der Waals surface area contributed by atoms with Crippen molar-refractivity contribution in [3.8, 4) is 17.6 Å². The van der Waals surface area contributed by atoms with Crippen LogP contribution in [0.2, 0.25) is 0 Å². The van der Waals surface area contributed by atoms with E-state index in [-0.39, 0.29) is 17.7 Å². The molecule has 3 aromatic carbocycles. The molecule has 6 heteroatoms. The molecule has 1 aliphatic heterocycles. The molecule has 35 heavy (non-hydrogen) atoms. The number of amides is 2. The maximum Gasteiger partial charge on any atom is 0.271 e. The number of hydrogen-bond acceptors (Lipinski definition) is 5. The second-order valence-corrected chi connectivity index (χ2v) is 8.04. The highest BCUT2D eigenvalue weighted by Gasteiger charge is 2.35. The molecular formula is C29H24N2O4. The van der Waals surface area contributed by atoms with Gasteiger partial charge >= 0.3 is 0 Å². The van der Waals surface area contributed by atoms with E-state index >= 15 is 0 Å². The Bertz CT molecular complexity index is 1350. The Morgan fingerprint density at radius 3 is 2.17 bits per heavy atom. The van der Waals surface area contributed by atoms with Crippen molar-refractivity contribution in [2.45, 2.75) is 20.1 Å². The summed E-state index contributed by atoms with van der Waals surface area (Å²) in [6.45, 7) is 2.10. The number of nitriles is 1. The third kappa shape index (κ3) is 5.15. The molecule has 4 rings (SSSR count). The van der Waals surface area contributed by atoms with Gasteiger partial charge in [-0.3, -0.25) is 14.5 Å². The second kappa shape index (κ2) is 10.5. The van der Waals surface area contributed by atoms with Gasteiger partial charge in [0.15, 0.2) is 11.5 Å². The highest BCUT2D eigenvalue weighted by molar-refractivity contribution is 6.19. The number of imide groups is 1. The second-order valence-electron chi connectivity index (χ2n) is 8.04. The summed E-state index contributed by atoms with van der Waals surface area (Å²) in [7, 11) is 1.55. The molecule has 0 saturated heterocycles. The SMILES string of the molecule is COc1cc(/C=C2/C(=O)N(Cc3ccccc3)C(=O)C(C#N)=C2C)ccc1OCc1ccccc1. The molecule has 0 atom stereocenters. The van der Waals surface area contributed by atoms with Gasteiger partial charge < -0.3 is 9.47 Å². The fourth-order valence-electron chi connectivity index (χ4n) is 3.83. The molecule has 3 aromatic rings. The smallest absolute Gasteiger partial charge is 0.271 e. The number of ether oxygens (including phenoxy) is 2. The van der Waals surface area contributed by atoms with Crippen LogP contribution in [-0.4, -0.2) is 23.8 Å². The van der Waals surface area contributed by atoms with Gasteiger partial charge in [-0.2, -0.15) is 5.26 Å². The van der Waals surface area contributed by atoms with Crippen LogP contribution in [0.15, 0.2) is 95.6 Å². The van der Waals surface area contributed by atoms with Crippen LogP contribution in [-0.2, 0) is 22.7 Å². The molecule has 174 valence electrons. The quantitative estimate of drug-likeness (QED) is 0.360. The third-order valence-electron chi connectivity index (χ3n) is 5.74. The lowest BCUT2D eigenvalue weighted by atomic mass is 9.93. The van der Waals surface area contributed by atoms with Crippen LogP contribution < -0.4 is 9.47 Å². The van der Waals surface area contributed by atoms with E-state index in [1.165, 1.54) is 0 Å². The summed E-state index contributed by atoms with van der Waals surface area (Å²) >= 11 is 0. The van der Waals surface area contributed by atoms with Crippen molar-refractivity contribution in [3.05, 3.63) is 112 Å². The molecule has 0 fully saturated rings. The molecule has 0 radical (unpaired) electrons. The standard InChI is InChI=1S/C29H24N2O4/c1-20-24(28(32)31(29(33)25(20)17-30)18-21-9-5-3-6-10-21)15-23-13-14-26(27(16-23)34-2)35-19-22-11-7-4-8-12-22/h3-16H,18-19H2,1-2H3/b24-15+. The molecule has 1 heterocycles. The van der Waals surface area contributed by atoms with Crippen LogP contribution in [0.4, 0.5) is 0 Å². The Balaban J connectivity index is 1.64. The van der Waals surface area contributed by atoms with Crippen LogP contribution in [0.5, 0.6) is 11.5 Å². The predicted octanol–water partition coefficient (Wildman–Crippen LogP) is 5.07. The molecule has 0 saturated carbocycles. The van der Waals surface area contributed by atoms with Gasteiger partial charge in [0.1, 0.15) is 18.2 Å². The largest absolute Gasteiger partial charge is 0.493 e. The lowest BCUT2D eigenvalue weighted by Crippen LogP contribution is -2.42. The Labute approximate surface area is 204 Å². The van der Waals surface area contributed by atoms with E-state index in [1.807, 2.05) is 66.7 Å². The van der Waals surface area contributed by atoms with E-state index in [2.05, 4.69) is 0 Å². The number of carbonyl (C=O) groups is 2. The summed E-state index contributed by atoms with van der Waals surface area (Å²) in [4.78, 5) is 27.3. The van der Waals surface area contributed by atoms with E-state index in [4.69, 9.17) is 9.47 Å². The summed E-state index contributed by atoms with van der Waals surface area (Å²) in [6, 6.07) is 26.3. The van der Waals surface area contributed by atoms with Crippen molar-refractivity contribution in [1.82, 2.24) is 4.90 Å². The van der Waals surface area contributed by atoms with Gasteiger partial charge in [-0.25, -0.2) is 0 Å². The van der Waals surface area contributed by atoms with Crippen molar-refractivity contribution in [3.63, 3.8) is 0 Å². The molecule has 0 spiro atoms. The van der Waals surface area contributed by atoms with E-state index < -0.39 is 11.8 Å². The molecule has 0 N–H and O–H groups in total. The summed E-state index contributed by atoms with van der Waals surface area (Å²) in [5.74, 6) is 0.0502. The normalized spacial score (nSPS) is 14.8. The molecule has 2 amide bonds. The fraction of sp³-hybridized carbons (Fsp3) is 0.138. The summed E-state index contributed by atoms with van der Waals surface area (Å²) in [6.07, 6.45) is 1.67. The van der Waals surface area contributed by atoms with E-state index in [9.17, 15) is 14.9 Å². The minimum atomic E-state index is -0.585. The molecule has 0 aromatic heterocycles. The van der Waals surface area contributed by atoms with Crippen molar-refractivity contribution >= 4 is 17.9 Å². The Hall–Kier alpha value is -4.63. The Morgan fingerprint density at radius 2 is 1.54 bits per heavy atom. The van der Waals surface area contributed by atoms with Gasteiger partial charge in [0.2, 0.25) is 0 Å². The number of methoxy groups -OCH3 is 1. The monoisotopic (exact) mass is 464 g/mol. The van der Waals surface area contributed by atoms with Crippen molar-refractivity contribution < 1.29 is 19.1 Å². The first-order valence-corrected chi connectivity index (χ1v) is 11.1. The van der Waals surface area contributed by atoms with Crippen molar-refractivity contribution in [1.29, 1.82) is 5.26 Å². The minimum Gasteiger partial charge on any atom is -0.493 e. The zero-order chi connectivity index (χ0) is 24.8. The number of nitrogens with zero attached hydrogens (tertiary/aromatic N) is 2. The van der Waals surface area contributed by atoms with Crippen LogP contribution in [0.3, 0.4) is 0 Å². The maximum atomic E-state index is 13.3. The van der Waals surface area contributed by atoms with E-state index in [1.54, 1.807) is 38.3 Å². The minimum absolute atomic E-state index is 0.0402. The lowest BCUT2D eigenvalue weighted by Gasteiger charge is -2.27. The van der Waals surface area contributed by atoms with Gasteiger partial charge in [0, 0.05) is 5.57 Å². The molecule has 6 nitrogen and oxygen atoms in total. The molecule has 0 bridgehead atoms. The predicted molar refractivity (Wildman–Crippen MR) is 132 cm³/mol. The summed E-state index contributed by atoms with van der Waals surface area (Å²) in [5.41, 5.74) is 3.12. The van der Waals surface area contributed by atoms with Crippen LogP contribution >= 0.6 is 0 Å². The number of benzene rings is 3. The Kier molecular flexibility index (Phi) is 7.08. The fourth-order valence-corrected chi connectivity index (χ4v) is 3.83. The van der Waals surface area contributed by atoms with E-state index in [0.717, 1.165) is 16.0 Å². The lowest BCUT2D eigenvalue weighted by molar-refractivity contribution is -0.141. The van der Waals surface area contributed by atoms with Crippen LogP contribution in [0.1, 0.15) is 23.6 Å². The summed E-state index contributed by atoms with van der Waals surface area (Å²) < 4.78 is 11.4.